The molecular weight excluding hydrogens is 457 g/mol. The maximum Gasteiger partial charge on any atom is 0.274 e. The summed E-state index contributed by atoms with van der Waals surface area (Å²) >= 11 is 0. The Bertz CT molecular complexity index is 1410. The molecule has 1 unspecified atom stereocenters. The highest BCUT2D eigenvalue weighted by Crippen LogP contribution is 2.34. The molecule has 0 fully saturated rings. The fraction of sp³-hybridized carbons (Fsp3) is 0.273. The molecule has 2 aliphatic rings. The summed E-state index contributed by atoms with van der Waals surface area (Å²) in [5.41, 5.74) is -1.04. The van der Waals surface area contributed by atoms with E-state index in [0.717, 1.165) is 11.8 Å². The van der Waals surface area contributed by atoms with Crippen molar-refractivity contribution in [2.24, 2.45) is 0 Å². The molecule has 4 heterocycles. The molecule has 0 aliphatic carbocycles. The van der Waals surface area contributed by atoms with Crippen molar-refractivity contribution in [2.75, 3.05) is 6.54 Å². The molecule has 5 rings (SSSR count). The molecule has 2 amide bonds. The van der Waals surface area contributed by atoms with E-state index in [-0.39, 0.29) is 18.8 Å². The molecule has 0 radical (unpaired) electrons. The van der Waals surface area contributed by atoms with E-state index in [1.54, 1.807) is 6.92 Å². The number of aryl methyl sites for hydroxylation is 1. The number of rotatable bonds is 3. The predicted octanol–water partition coefficient (Wildman–Crippen LogP) is 1.95. The first-order chi connectivity index (χ1) is 16.2. The van der Waals surface area contributed by atoms with E-state index in [2.05, 4.69) is 10.5 Å². The van der Waals surface area contributed by atoms with Gasteiger partial charge >= 0.3 is 0 Å². The quantitative estimate of drug-likeness (QED) is 0.599. The molecule has 2 aliphatic heterocycles. The maximum atomic E-state index is 13.9. The summed E-state index contributed by atoms with van der Waals surface area (Å²) in [6.45, 7) is 1.45. The average molecular weight is 474 g/mol. The number of fused-ring (bicyclic) bond motifs is 5. The zero-order chi connectivity index (χ0) is 24.3. The van der Waals surface area contributed by atoms with Crippen LogP contribution in [0.25, 0.3) is 0 Å². The molecule has 0 saturated heterocycles. The number of hydrogen-bond donors (Lipinski definition) is 2. The van der Waals surface area contributed by atoms with Gasteiger partial charge < -0.3 is 24.4 Å². The lowest BCUT2D eigenvalue weighted by molar-refractivity contribution is 0.0637. The second-order valence-electron chi connectivity index (χ2n) is 8.22. The molecule has 9 nitrogen and oxygen atoms in total. The Hall–Kier alpha value is -4.09. The van der Waals surface area contributed by atoms with Crippen LogP contribution in [0.5, 0.6) is 5.75 Å². The van der Waals surface area contributed by atoms with E-state index in [9.17, 15) is 32.7 Å². The number of aromatic hydroxyl groups is 1. The average Bonchev–Trinajstić information content (AvgIpc) is 3.01. The monoisotopic (exact) mass is 474 g/mol. The predicted molar refractivity (Wildman–Crippen MR) is 109 cm³/mol. The van der Waals surface area contributed by atoms with Gasteiger partial charge in [0.05, 0.1) is 18.3 Å². The van der Waals surface area contributed by atoms with Gasteiger partial charge in [0.2, 0.25) is 5.43 Å². The normalized spacial score (nSPS) is 16.6. The Morgan fingerprint density at radius 2 is 1.97 bits per heavy atom. The highest BCUT2D eigenvalue weighted by Gasteiger charge is 2.39. The molecule has 1 atom stereocenters. The van der Waals surface area contributed by atoms with Gasteiger partial charge in [-0.15, -0.1) is 0 Å². The number of nitrogens with zero attached hydrogens (tertiary/aromatic N) is 3. The number of hydrogen-bond acceptors (Lipinski definition) is 6. The lowest BCUT2D eigenvalue weighted by Crippen LogP contribution is -2.44. The largest absolute Gasteiger partial charge is 0.503 e. The van der Waals surface area contributed by atoms with E-state index < -0.39 is 64.2 Å². The van der Waals surface area contributed by atoms with E-state index in [0.29, 0.717) is 30.0 Å². The van der Waals surface area contributed by atoms with Gasteiger partial charge in [-0.3, -0.25) is 14.4 Å². The van der Waals surface area contributed by atoms with Crippen molar-refractivity contribution in [1.29, 1.82) is 0 Å². The van der Waals surface area contributed by atoms with Gasteiger partial charge in [0.1, 0.15) is 23.0 Å². The third-order valence-electron chi connectivity index (χ3n) is 6.14. The molecule has 176 valence electrons. The van der Waals surface area contributed by atoms with Gasteiger partial charge in [-0.05, 0) is 6.92 Å². The van der Waals surface area contributed by atoms with Crippen LogP contribution in [-0.2, 0) is 19.5 Å². The highest BCUT2D eigenvalue weighted by atomic mass is 19.1. The number of halogens is 3. The number of pyridine rings is 1. The van der Waals surface area contributed by atoms with Crippen LogP contribution >= 0.6 is 0 Å². The second kappa shape index (κ2) is 7.75. The SMILES string of the molecule is Cc1noc2c1CC1CN(C2)C(=O)c2c(O)c(=O)c(C(=O)NCc3c(F)cc(F)cc3F)cn21. The maximum absolute atomic E-state index is 13.9. The molecule has 2 aromatic heterocycles. The Morgan fingerprint density at radius 1 is 1.26 bits per heavy atom. The second-order valence-corrected chi connectivity index (χ2v) is 8.22. The number of amides is 2. The Kier molecular flexibility index (Phi) is 4.95. The van der Waals surface area contributed by atoms with E-state index in [1.165, 1.54) is 9.47 Å². The van der Waals surface area contributed by atoms with Crippen molar-refractivity contribution in [3.05, 3.63) is 79.8 Å². The zero-order valence-electron chi connectivity index (χ0n) is 17.7. The zero-order valence-corrected chi connectivity index (χ0v) is 17.7. The molecule has 1 aromatic carbocycles. The molecule has 2 bridgehead atoms. The summed E-state index contributed by atoms with van der Waals surface area (Å²) in [5, 5.41) is 16.7. The first kappa shape index (κ1) is 21.7. The Labute approximate surface area is 189 Å². The van der Waals surface area contributed by atoms with Crippen LogP contribution in [0.1, 0.15) is 49.5 Å². The minimum atomic E-state index is -1.20. The van der Waals surface area contributed by atoms with Crippen LogP contribution in [0.3, 0.4) is 0 Å². The van der Waals surface area contributed by atoms with Crippen molar-refractivity contribution in [1.82, 2.24) is 19.9 Å². The molecule has 2 N–H and O–H groups in total. The number of aromatic nitrogens is 2. The van der Waals surface area contributed by atoms with Gasteiger partial charge in [0.25, 0.3) is 11.8 Å². The summed E-state index contributed by atoms with van der Waals surface area (Å²) in [5.74, 6) is -5.56. The van der Waals surface area contributed by atoms with Crippen LogP contribution in [0.2, 0.25) is 0 Å². The van der Waals surface area contributed by atoms with Gasteiger partial charge in [-0.1, -0.05) is 5.16 Å². The Balaban J connectivity index is 1.51. The lowest BCUT2D eigenvalue weighted by Gasteiger charge is -2.34. The van der Waals surface area contributed by atoms with Crippen LogP contribution in [0, 0.1) is 24.4 Å². The minimum absolute atomic E-state index is 0.121. The standard InChI is InChI=1S/C22H17F3N4O5/c1-9-12-4-11-6-28(8-17(12)34-27-9)22(33)18-20(31)19(30)14(7-29(11)18)21(32)26-5-13-15(24)2-10(23)3-16(13)25/h2-3,7,11,31H,4-6,8H2,1H3,(H,26,32). The first-order valence-corrected chi connectivity index (χ1v) is 10.3. The molecular formula is C22H17F3N4O5. The van der Waals surface area contributed by atoms with E-state index >= 15 is 0 Å². The van der Waals surface area contributed by atoms with E-state index in [4.69, 9.17) is 4.52 Å². The number of carbonyl (C=O) groups excluding carboxylic acids is 2. The van der Waals surface area contributed by atoms with Gasteiger partial charge in [-0.25, -0.2) is 13.2 Å². The molecule has 34 heavy (non-hydrogen) atoms. The topological polar surface area (TPSA) is 118 Å². The summed E-state index contributed by atoms with van der Waals surface area (Å²) in [6, 6.07) is 0.500. The third kappa shape index (κ3) is 3.33. The molecule has 0 spiro atoms. The van der Waals surface area contributed by atoms with Crippen LogP contribution in [0.15, 0.2) is 27.6 Å². The van der Waals surface area contributed by atoms with Crippen LogP contribution < -0.4 is 10.7 Å². The van der Waals surface area contributed by atoms with Crippen molar-refractivity contribution in [3.8, 4) is 5.75 Å². The Morgan fingerprint density at radius 3 is 2.68 bits per heavy atom. The smallest absolute Gasteiger partial charge is 0.274 e. The van der Waals surface area contributed by atoms with Gasteiger partial charge in [0, 0.05) is 49.0 Å². The van der Waals surface area contributed by atoms with Crippen molar-refractivity contribution >= 4 is 11.8 Å². The lowest BCUT2D eigenvalue weighted by atomic mass is 10.0. The molecule has 0 saturated carbocycles. The van der Waals surface area contributed by atoms with Crippen LogP contribution in [-0.4, -0.2) is 38.1 Å². The highest BCUT2D eigenvalue weighted by molar-refractivity contribution is 5.99. The van der Waals surface area contributed by atoms with Crippen molar-refractivity contribution < 1.29 is 32.4 Å². The first-order valence-electron chi connectivity index (χ1n) is 10.3. The third-order valence-corrected chi connectivity index (χ3v) is 6.14. The van der Waals surface area contributed by atoms with Crippen molar-refractivity contribution in [3.63, 3.8) is 0 Å². The molecule has 12 heteroatoms. The number of benzene rings is 1. The van der Waals surface area contributed by atoms with Gasteiger partial charge in [0.15, 0.2) is 17.2 Å². The van der Waals surface area contributed by atoms with E-state index in [1.807, 2.05) is 0 Å². The van der Waals surface area contributed by atoms with Gasteiger partial charge in [-0.2, -0.15) is 0 Å². The summed E-state index contributed by atoms with van der Waals surface area (Å²) in [7, 11) is 0. The number of carbonyl (C=O) groups is 2. The van der Waals surface area contributed by atoms with Crippen LogP contribution in [0.4, 0.5) is 13.2 Å². The molecule has 3 aromatic rings. The number of nitrogens with one attached hydrogen (secondary N) is 1. The fourth-order valence-corrected chi connectivity index (χ4v) is 4.39. The van der Waals surface area contributed by atoms with Crippen molar-refractivity contribution in [2.45, 2.75) is 32.5 Å². The summed E-state index contributed by atoms with van der Waals surface area (Å²) < 4.78 is 47.6. The minimum Gasteiger partial charge on any atom is -0.503 e. The summed E-state index contributed by atoms with van der Waals surface area (Å²) in [4.78, 5) is 39.9. The summed E-state index contributed by atoms with van der Waals surface area (Å²) in [6.07, 6.45) is 1.52. The fourth-order valence-electron chi connectivity index (χ4n) is 4.39.